The van der Waals surface area contributed by atoms with Gasteiger partial charge in [0.1, 0.15) is 18.5 Å². The molecule has 0 spiro atoms. The summed E-state index contributed by atoms with van der Waals surface area (Å²) >= 11 is 0. The van der Waals surface area contributed by atoms with Crippen molar-refractivity contribution in [1.82, 2.24) is 5.32 Å². The highest BCUT2D eigenvalue weighted by Crippen LogP contribution is 2.16. The molecule has 0 fully saturated rings. The Kier molecular flexibility index (Phi) is 8.02. The van der Waals surface area contributed by atoms with Crippen molar-refractivity contribution in [2.75, 3.05) is 13.2 Å². The second kappa shape index (κ2) is 10.5. The molecule has 0 bridgehead atoms. The minimum Gasteiger partial charge on any atom is -0.491 e. The number of carbonyl (C=O) groups excluding carboxylic acids is 1. The number of carboxylic acid groups (broad SMARTS) is 1. The average molecular weight is 385 g/mol. The van der Waals surface area contributed by atoms with Gasteiger partial charge < -0.3 is 19.9 Å². The van der Waals surface area contributed by atoms with E-state index >= 15 is 0 Å². The Morgan fingerprint density at radius 2 is 1.61 bits per heavy atom. The van der Waals surface area contributed by atoms with Crippen LogP contribution in [0.25, 0.3) is 0 Å². The minimum atomic E-state index is -0.978. The van der Waals surface area contributed by atoms with Gasteiger partial charge in [-0.05, 0) is 42.7 Å². The molecule has 0 aliphatic rings. The Morgan fingerprint density at radius 3 is 2.18 bits per heavy atom. The number of carbonyl (C=O) groups is 2. The van der Waals surface area contributed by atoms with Gasteiger partial charge in [0.2, 0.25) is 5.91 Å². The maximum Gasteiger partial charge on any atom is 0.335 e. The summed E-state index contributed by atoms with van der Waals surface area (Å²) in [4.78, 5) is 23.6. The smallest absolute Gasteiger partial charge is 0.335 e. The highest BCUT2D eigenvalue weighted by molar-refractivity contribution is 5.87. The van der Waals surface area contributed by atoms with Crippen molar-refractivity contribution in [3.05, 3.63) is 65.7 Å². The molecule has 0 heterocycles. The van der Waals surface area contributed by atoms with Gasteiger partial charge in [0, 0.05) is 0 Å². The highest BCUT2D eigenvalue weighted by Gasteiger charge is 2.24. The number of hydrogen-bond donors (Lipinski definition) is 2. The monoisotopic (exact) mass is 385 g/mol. The van der Waals surface area contributed by atoms with Gasteiger partial charge in [-0.2, -0.15) is 0 Å². The third-order valence-corrected chi connectivity index (χ3v) is 4.27. The van der Waals surface area contributed by atoms with E-state index in [1.807, 2.05) is 51.1 Å². The van der Waals surface area contributed by atoms with Gasteiger partial charge in [0.15, 0.2) is 0 Å². The molecule has 1 unspecified atom stereocenters. The molecule has 28 heavy (non-hydrogen) atoms. The highest BCUT2D eigenvalue weighted by atomic mass is 16.5. The van der Waals surface area contributed by atoms with Crippen LogP contribution in [0.3, 0.4) is 0 Å². The van der Waals surface area contributed by atoms with E-state index in [0.29, 0.717) is 13.2 Å². The number of amides is 1. The Labute approximate surface area is 165 Å². The maximum absolute atomic E-state index is 12.6. The van der Waals surface area contributed by atoms with Gasteiger partial charge in [-0.1, -0.05) is 44.2 Å². The van der Waals surface area contributed by atoms with Crippen LogP contribution < -0.4 is 10.1 Å². The van der Waals surface area contributed by atoms with Crippen molar-refractivity contribution >= 4 is 11.9 Å². The Balaban J connectivity index is 1.86. The number of ether oxygens (including phenoxy) is 2. The average Bonchev–Trinajstić information content (AvgIpc) is 2.68. The summed E-state index contributed by atoms with van der Waals surface area (Å²) in [6.07, 6.45) is -0.597. The zero-order valence-corrected chi connectivity index (χ0v) is 16.4. The molecule has 0 aromatic heterocycles. The SMILES string of the molecule is CC(C)C(OCCOc1ccccc1)C(=O)N[C@@H](C)c1ccc(C(=O)O)cc1. The number of hydrogen-bond acceptors (Lipinski definition) is 4. The van der Waals surface area contributed by atoms with Crippen LogP contribution in [0.5, 0.6) is 5.75 Å². The van der Waals surface area contributed by atoms with Crippen molar-refractivity contribution in [2.45, 2.75) is 32.9 Å². The van der Waals surface area contributed by atoms with Crippen molar-refractivity contribution < 1.29 is 24.2 Å². The molecule has 1 amide bonds. The van der Waals surface area contributed by atoms with E-state index in [1.165, 1.54) is 12.1 Å². The van der Waals surface area contributed by atoms with E-state index in [1.54, 1.807) is 12.1 Å². The molecule has 0 saturated carbocycles. The number of benzene rings is 2. The summed E-state index contributed by atoms with van der Waals surface area (Å²) in [5.41, 5.74) is 1.04. The molecule has 0 aliphatic heterocycles. The van der Waals surface area contributed by atoms with E-state index < -0.39 is 12.1 Å². The fourth-order valence-corrected chi connectivity index (χ4v) is 2.72. The maximum atomic E-state index is 12.6. The zero-order valence-electron chi connectivity index (χ0n) is 16.4. The van der Waals surface area contributed by atoms with E-state index in [4.69, 9.17) is 14.6 Å². The largest absolute Gasteiger partial charge is 0.491 e. The van der Waals surface area contributed by atoms with Crippen LogP contribution in [0.15, 0.2) is 54.6 Å². The van der Waals surface area contributed by atoms with E-state index in [9.17, 15) is 9.59 Å². The molecular weight excluding hydrogens is 358 g/mol. The van der Waals surface area contributed by atoms with Gasteiger partial charge in [-0.25, -0.2) is 4.79 Å². The number of nitrogens with one attached hydrogen (secondary N) is 1. The van der Waals surface area contributed by atoms with Gasteiger partial charge in [0.25, 0.3) is 0 Å². The molecule has 2 aromatic rings. The number of aromatic carboxylic acids is 1. The number of para-hydroxylation sites is 1. The lowest BCUT2D eigenvalue weighted by Crippen LogP contribution is -2.41. The summed E-state index contributed by atoms with van der Waals surface area (Å²) in [5.74, 6) is -0.424. The lowest BCUT2D eigenvalue weighted by molar-refractivity contribution is -0.136. The summed E-state index contributed by atoms with van der Waals surface area (Å²) in [7, 11) is 0. The lowest BCUT2D eigenvalue weighted by Gasteiger charge is -2.23. The molecule has 0 saturated heterocycles. The molecule has 0 radical (unpaired) electrons. The van der Waals surface area contributed by atoms with Crippen LogP contribution in [0.2, 0.25) is 0 Å². The van der Waals surface area contributed by atoms with Crippen LogP contribution in [0, 0.1) is 5.92 Å². The third-order valence-electron chi connectivity index (χ3n) is 4.27. The molecule has 2 atom stereocenters. The van der Waals surface area contributed by atoms with Crippen LogP contribution in [0.1, 0.15) is 42.7 Å². The Hall–Kier alpha value is -2.86. The van der Waals surface area contributed by atoms with E-state index in [2.05, 4.69) is 5.32 Å². The van der Waals surface area contributed by atoms with Crippen LogP contribution in [-0.2, 0) is 9.53 Å². The van der Waals surface area contributed by atoms with Crippen molar-refractivity contribution in [3.63, 3.8) is 0 Å². The van der Waals surface area contributed by atoms with Crippen molar-refractivity contribution in [2.24, 2.45) is 5.92 Å². The molecule has 2 aromatic carbocycles. The quantitative estimate of drug-likeness (QED) is 0.610. The molecule has 150 valence electrons. The normalized spacial score (nSPS) is 13.0. The molecule has 2 N–H and O–H groups in total. The first kappa shape index (κ1) is 21.4. The summed E-state index contributed by atoms with van der Waals surface area (Å²) in [5, 5.41) is 11.9. The van der Waals surface area contributed by atoms with Crippen molar-refractivity contribution in [1.29, 1.82) is 0 Å². The summed E-state index contributed by atoms with van der Waals surface area (Å²) < 4.78 is 11.4. The Bertz CT molecular complexity index is 758. The fraction of sp³-hybridized carbons (Fsp3) is 0.364. The third kappa shape index (κ3) is 6.39. The van der Waals surface area contributed by atoms with E-state index in [-0.39, 0.29) is 23.4 Å². The summed E-state index contributed by atoms with van der Waals surface area (Å²) in [6, 6.07) is 15.6. The van der Waals surface area contributed by atoms with E-state index in [0.717, 1.165) is 11.3 Å². The van der Waals surface area contributed by atoms with Crippen LogP contribution in [-0.4, -0.2) is 36.3 Å². The molecular formula is C22H27NO5. The first-order valence-electron chi connectivity index (χ1n) is 9.31. The topological polar surface area (TPSA) is 84.9 Å². The zero-order chi connectivity index (χ0) is 20.5. The van der Waals surface area contributed by atoms with Crippen molar-refractivity contribution in [3.8, 4) is 5.75 Å². The standard InChI is InChI=1S/C22H27NO5/c1-15(2)20(28-14-13-27-19-7-5-4-6-8-19)21(24)23-16(3)17-9-11-18(12-10-17)22(25)26/h4-12,15-16,20H,13-14H2,1-3H3,(H,23,24)(H,25,26)/t16-,20?/m0/s1. The van der Waals surface area contributed by atoms with Crippen LogP contribution >= 0.6 is 0 Å². The van der Waals surface area contributed by atoms with Gasteiger partial charge >= 0.3 is 5.97 Å². The first-order chi connectivity index (χ1) is 13.4. The predicted octanol–water partition coefficient (Wildman–Crippen LogP) is 3.68. The second-order valence-corrected chi connectivity index (χ2v) is 6.85. The van der Waals surface area contributed by atoms with Gasteiger partial charge in [-0.3, -0.25) is 4.79 Å². The molecule has 6 nitrogen and oxygen atoms in total. The lowest BCUT2D eigenvalue weighted by atomic mass is 10.0. The summed E-state index contributed by atoms with van der Waals surface area (Å²) in [6.45, 7) is 6.35. The molecule has 2 rings (SSSR count). The predicted molar refractivity (Wildman–Crippen MR) is 106 cm³/mol. The fourth-order valence-electron chi connectivity index (χ4n) is 2.72. The minimum absolute atomic E-state index is 0.00156. The molecule has 0 aliphatic carbocycles. The number of rotatable bonds is 10. The number of carboxylic acids is 1. The first-order valence-corrected chi connectivity index (χ1v) is 9.31. The second-order valence-electron chi connectivity index (χ2n) is 6.85. The molecule has 6 heteroatoms. The Morgan fingerprint density at radius 1 is 0.964 bits per heavy atom. The van der Waals surface area contributed by atoms with Crippen LogP contribution in [0.4, 0.5) is 0 Å². The van der Waals surface area contributed by atoms with Gasteiger partial charge in [0.05, 0.1) is 18.2 Å². The van der Waals surface area contributed by atoms with Gasteiger partial charge in [-0.15, -0.1) is 0 Å².